The minimum Gasteiger partial charge on any atom is -0.354 e. The minimum absolute atomic E-state index is 0.0145. The van der Waals surface area contributed by atoms with Crippen molar-refractivity contribution in [2.75, 3.05) is 6.54 Å². The van der Waals surface area contributed by atoms with Crippen LogP contribution >= 0.6 is 0 Å². The van der Waals surface area contributed by atoms with Crippen LogP contribution in [-0.2, 0) is 9.59 Å². The molecule has 0 aliphatic rings. The van der Waals surface area contributed by atoms with Gasteiger partial charge in [-0.25, -0.2) is 0 Å². The molecule has 0 unspecified atom stereocenters. The molecular formula is C11H22N2O2. The summed E-state index contributed by atoms with van der Waals surface area (Å²) < 4.78 is 0. The number of nitrogens with one attached hydrogen (secondary N) is 2. The van der Waals surface area contributed by atoms with E-state index in [4.69, 9.17) is 0 Å². The smallest absolute Gasteiger partial charge is 0.222 e. The lowest BCUT2D eigenvalue weighted by Crippen LogP contribution is -2.44. The molecule has 88 valence electrons. The number of carbonyl (C=O) groups excluding carboxylic acids is 2. The van der Waals surface area contributed by atoms with E-state index in [9.17, 15) is 9.59 Å². The largest absolute Gasteiger partial charge is 0.354 e. The second kappa shape index (κ2) is 6.43. The van der Waals surface area contributed by atoms with Crippen molar-refractivity contribution in [1.82, 2.24) is 10.6 Å². The molecule has 2 N–H and O–H groups in total. The average Bonchev–Trinajstić information content (AvgIpc) is 2.13. The van der Waals surface area contributed by atoms with Crippen LogP contribution in [0.25, 0.3) is 0 Å². The van der Waals surface area contributed by atoms with Gasteiger partial charge in [0.05, 0.1) is 0 Å². The van der Waals surface area contributed by atoms with Crippen molar-refractivity contribution in [2.45, 2.75) is 40.7 Å². The lowest BCUT2D eigenvalue weighted by molar-refractivity contribution is -0.126. The van der Waals surface area contributed by atoms with Gasteiger partial charge in [0, 0.05) is 24.4 Å². The van der Waals surface area contributed by atoms with Crippen molar-refractivity contribution in [1.29, 1.82) is 0 Å². The van der Waals surface area contributed by atoms with Gasteiger partial charge in [0.15, 0.2) is 0 Å². The monoisotopic (exact) mass is 214 g/mol. The second-order valence-electron chi connectivity index (χ2n) is 4.46. The fraction of sp³-hybridized carbons (Fsp3) is 0.818. The van der Waals surface area contributed by atoms with Gasteiger partial charge in [0.25, 0.3) is 0 Å². The Morgan fingerprint density at radius 3 is 1.80 bits per heavy atom. The van der Waals surface area contributed by atoms with Gasteiger partial charge in [-0.05, 0) is 6.92 Å². The predicted octanol–water partition coefficient (Wildman–Crippen LogP) is 0.919. The van der Waals surface area contributed by atoms with Crippen molar-refractivity contribution in [2.24, 2.45) is 11.8 Å². The maximum absolute atomic E-state index is 11.3. The number of hydrogen-bond acceptors (Lipinski definition) is 2. The molecule has 0 fully saturated rings. The molecule has 0 saturated carbocycles. The van der Waals surface area contributed by atoms with E-state index in [-0.39, 0.29) is 29.7 Å². The number of hydrogen-bond donors (Lipinski definition) is 2. The van der Waals surface area contributed by atoms with Gasteiger partial charge in [0.2, 0.25) is 11.8 Å². The summed E-state index contributed by atoms with van der Waals surface area (Å²) in [6.07, 6.45) is 0. The molecule has 4 nitrogen and oxygen atoms in total. The summed E-state index contributed by atoms with van der Waals surface area (Å²) in [5, 5.41) is 5.59. The Labute approximate surface area is 91.8 Å². The van der Waals surface area contributed by atoms with Crippen LogP contribution in [0.3, 0.4) is 0 Å². The molecule has 0 saturated heterocycles. The lowest BCUT2D eigenvalue weighted by atomic mass is 10.2. The maximum atomic E-state index is 11.3. The molecule has 0 rings (SSSR count). The number of carbonyl (C=O) groups is 2. The summed E-state index contributed by atoms with van der Waals surface area (Å²) in [4.78, 5) is 22.6. The molecule has 0 aliphatic carbocycles. The van der Waals surface area contributed by atoms with Crippen LogP contribution in [0.4, 0.5) is 0 Å². The van der Waals surface area contributed by atoms with Gasteiger partial charge in [-0.1, -0.05) is 27.7 Å². The Bertz CT molecular complexity index is 225. The summed E-state index contributed by atoms with van der Waals surface area (Å²) in [5.41, 5.74) is 0. The van der Waals surface area contributed by atoms with Crippen molar-refractivity contribution >= 4 is 11.8 Å². The molecule has 0 spiro atoms. The van der Waals surface area contributed by atoms with E-state index >= 15 is 0 Å². The normalized spacial score (nSPS) is 12.7. The van der Waals surface area contributed by atoms with Crippen LogP contribution < -0.4 is 10.6 Å². The highest BCUT2D eigenvalue weighted by atomic mass is 16.2. The summed E-state index contributed by atoms with van der Waals surface area (Å²) >= 11 is 0. The van der Waals surface area contributed by atoms with E-state index in [2.05, 4.69) is 10.6 Å². The first-order chi connectivity index (χ1) is 6.84. The van der Waals surface area contributed by atoms with Crippen molar-refractivity contribution in [3.63, 3.8) is 0 Å². The summed E-state index contributed by atoms with van der Waals surface area (Å²) in [7, 11) is 0. The third kappa shape index (κ3) is 6.10. The number of amides is 2. The van der Waals surface area contributed by atoms with E-state index in [0.29, 0.717) is 6.54 Å². The quantitative estimate of drug-likeness (QED) is 0.715. The molecule has 2 amide bonds. The van der Waals surface area contributed by atoms with Crippen molar-refractivity contribution in [3.05, 3.63) is 0 Å². The second-order valence-corrected chi connectivity index (χ2v) is 4.46. The fourth-order valence-electron chi connectivity index (χ4n) is 0.918. The van der Waals surface area contributed by atoms with Crippen LogP contribution in [0.15, 0.2) is 0 Å². The van der Waals surface area contributed by atoms with Crippen molar-refractivity contribution < 1.29 is 9.59 Å². The summed E-state index contributed by atoms with van der Waals surface area (Å²) in [6, 6.07) is -0.0254. The zero-order valence-corrected chi connectivity index (χ0v) is 10.3. The zero-order chi connectivity index (χ0) is 12.0. The Morgan fingerprint density at radius 1 is 0.933 bits per heavy atom. The molecule has 0 bridgehead atoms. The molecule has 1 atom stereocenters. The maximum Gasteiger partial charge on any atom is 0.222 e. The topological polar surface area (TPSA) is 58.2 Å². The SMILES string of the molecule is CC(C)C(=O)NC[C@H](C)NC(=O)C(C)C. The molecule has 0 aromatic rings. The van der Waals surface area contributed by atoms with Crippen molar-refractivity contribution in [3.8, 4) is 0 Å². The third-order valence-electron chi connectivity index (χ3n) is 2.02. The van der Waals surface area contributed by atoms with Crippen LogP contribution in [0, 0.1) is 11.8 Å². The van der Waals surface area contributed by atoms with Crippen LogP contribution in [-0.4, -0.2) is 24.4 Å². The molecule has 4 heteroatoms. The number of rotatable bonds is 5. The van der Waals surface area contributed by atoms with Gasteiger partial charge in [-0.3, -0.25) is 9.59 Å². The van der Waals surface area contributed by atoms with Crippen LogP contribution in [0.5, 0.6) is 0 Å². The average molecular weight is 214 g/mol. The van der Waals surface area contributed by atoms with Gasteiger partial charge in [0.1, 0.15) is 0 Å². The highest BCUT2D eigenvalue weighted by Crippen LogP contribution is 1.93. The lowest BCUT2D eigenvalue weighted by Gasteiger charge is -2.16. The van der Waals surface area contributed by atoms with E-state index in [1.807, 2.05) is 34.6 Å². The molecule has 0 aliphatic heterocycles. The summed E-state index contributed by atoms with van der Waals surface area (Å²) in [5.74, 6) is -0.00630. The summed E-state index contributed by atoms with van der Waals surface area (Å²) in [6.45, 7) is 9.72. The Kier molecular flexibility index (Phi) is 5.97. The Hall–Kier alpha value is -1.06. The zero-order valence-electron chi connectivity index (χ0n) is 10.3. The standard InChI is InChI=1S/C11H22N2O2/c1-7(2)10(14)12-6-9(5)13-11(15)8(3)4/h7-9H,6H2,1-5H3,(H,12,14)(H,13,15)/t9-/m0/s1. The van der Waals surface area contributed by atoms with E-state index in [1.165, 1.54) is 0 Å². The molecule has 0 aromatic carbocycles. The van der Waals surface area contributed by atoms with Gasteiger partial charge < -0.3 is 10.6 Å². The first-order valence-corrected chi connectivity index (χ1v) is 5.42. The molecule has 0 heterocycles. The predicted molar refractivity (Wildman–Crippen MR) is 60.3 cm³/mol. The van der Waals surface area contributed by atoms with Gasteiger partial charge in [-0.2, -0.15) is 0 Å². The first kappa shape index (κ1) is 13.9. The van der Waals surface area contributed by atoms with Gasteiger partial charge in [-0.15, -0.1) is 0 Å². The third-order valence-corrected chi connectivity index (χ3v) is 2.02. The minimum atomic E-state index is -0.0254. The van der Waals surface area contributed by atoms with Gasteiger partial charge >= 0.3 is 0 Å². The first-order valence-electron chi connectivity index (χ1n) is 5.42. The van der Waals surface area contributed by atoms with E-state index in [1.54, 1.807) is 0 Å². The molecular weight excluding hydrogens is 192 g/mol. The van der Waals surface area contributed by atoms with Crippen LogP contribution in [0.2, 0.25) is 0 Å². The molecule has 0 aromatic heterocycles. The molecule has 15 heavy (non-hydrogen) atoms. The fourth-order valence-corrected chi connectivity index (χ4v) is 0.918. The Balaban J connectivity index is 3.80. The molecule has 0 radical (unpaired) electrons. The van der Waals surface area contributed by atoms with E-state index in [0.717, 1.165) is 0 Å². The highest BCUT2D eigenvalue weighted by Gasteiger charge is 2.12. The van der Waals surface area contributed by atoms with E-state index < -0.39 is 0 Å². The Morgan fingerprint density at radius 2 is 1.40 bits per heavy atom. The highest BCUT2D eigenvalue weighted by molar-refractivity contribution is 5.79. The van der Waals surface area contributed by atoms with Crippen LogP contribution in [0.1, 0.15) is 34.6 Å².